The Kier molecular flexibility index (Phi) is 6.64. The fraction of sp³-hybridized carbons (Fsp3) is 0. The summed E-state index contributed by atoms with van der Waals surface area (Å²) in [6, 6.07) is 52.4. The van der Waals surface area contributed by atoms with E-state index in [1.165, 1.54) is 32.6 Å². The summed E-state index contributed by atoms with van der Waals surface area (Å²) in [5.74, 6) is 0. The fourth-order valence-electron chi connectivity index (χ4n) is 4.57. The third-order valence-corrected chi connectivity index (χ3v) is 10.9. The van der Waals surface area contributed by atoms with Crippen LogP contribution in [0.5, 0.6) is 0 Å². The molecule has 0 aliphatic carbocycles. The molecule has 2 heterocycles. The third kappa shape index (κ3) is 4.47. The van der Waals surface area contributed by atoms with Gasteiger partial charge in [0.2, 0.25) is 0 Å². The minimum atomic E-state index is -0.764. The van der Waals surface area contributed by atoms with Crippen molar-refractivity contribution in [3.05, 3.63) is 158 Å². The Hall–Kier alpha value is -3.70. The van der Waals surface area contributed by atoms with Crippen LogP contribution in [0.2, 0.25) is 0 Å². The molecule has 0 aliphatic heterocycles. The molecule has 0 aliphatic rings. The maximum atomic E-state index is 2.48. The number of hydrogen-bond acceptors (Lipinski definition) is 0. The third-order valence-electron chi connectivity index (χ3n) is 6.15. The van der Waals surface area contributed by atoms with Gasteiger partial charge in [-0.1, -0.05) is 121 Å². The highest BCUT2D eigenvalue weighted by Gasteiger charge is 2.23. The van der Waals surface area contributed by atoms with E-state index < -0.39 is 16.1 Å². The highest BCUT2D eigenvalue weighted by molar-refractivity contribution is 7.72. The summed E-state index contributed by atoms with van der Waals surface area (Å²) in [5, 5.41) is 5.34. The molecule has 0 saturated heterocycles. The summed E-state index contributed by atoms with van der Waals surface area (Å²) in [6.07, 6.45) is 4.48. The second-order valence-corrected chi connectivity index (χ2v) is 12.6. The van der Waals surface area contributed by atoms with Crippen molar-refractivity contribution in [3.8, 4) is 11.4 Å². The normalized spacial score (nSPS) is 11.3. The lowest BCUT2D eigenvalue weighted by Gasteiger charge is -2.26. The first kappa shape index (κ1) is 22.7. The van der Waals surface area contributed by atoms with Gasteiger partial charge in [0.25, 0.3) is 0 Å². The molecule has 2 aromatic heterocycles. The topological polar surface area (TPSA) is 9.86 Å². The van der Waals surface area contributed by atoms with Crippen molar-refractivity contribution in [3.63, 3.8) is 0 Å². The van der Waals surface area contributed by atoms with E-state index in [-0.39, 0.29) is 0 Å². The Morgan fingerprint density at radius 3 is 0.861 bits per heavy atom. The van der Waals surface area contributed by atoms with Crippen molar-refractivity contribution in [2.75, 3.05) is 0 Å². The summed E-state index contributed by atoms with van der Waals surface area (Å²) in [5.41, 5.74) is 2.47. The molecule has 0 unspecified atom stereocenters. The zero-order valence-corrected chi connectivity index (χ0v) is 21.6. The molecule has 6 rings (SSSR count). The number of aromatic nitrogens is 2. The largest absolute Gasteiger partial charge is 0.316 e. The maximum absolute atomic E-state index is 2.48. The van der Waals surface area contributed by atoms with E-state index in [4.69, 9.17) is 0 Å². The number of nitrogens with zero attached hydrogens (tertiary/aromatic N) is 2. The second kappa shape index (κ2) is 10.5. The molecule has 6 aromatic rings. The molecular formula is C32H26N2P2. The zero-order valence-electron chi connectivity index (χ0n) is 19.8. The Bertz CT molecular complexity index is 1330. The summed E-state index contributed by atoms with van der Waals surface area (Å²) in [6.45, 7) is 0. The smallest absolute Gasteiger partial charge is 0.0689 e. The van der Waals surface area contributed by atoms with E-state index in [0.29, 0.717) is 0 Å². The molecule has 0 N–H and O–H groups in total. The molecule has 4 heteroatoms. The Balaban J connectivity index is 1.52. The molecule has 0 atom stereocenters. The van der Waals surface area contributed by atoms with Gasteiger partial charge in [0.1, 0.15) is 0 Å². The van der Waals surface area contributed by atoms with Crippen molar-refractivity contribution in [1.29, 1.82) is 0 Å². The Labute approximate surface area is 215 Å². The summed E-state index contributed by atoms with van der Waals surface area (Å²) >= 11 is 0. The molecule has 0 saturated carbocycles. The van der Waals surface area contributed by atoms with E-state index >= 15 is 0 Å². The molecule has 0 amide bonds. The van der Waals surface area contributed by atoms with Gasteiger partial charge in [0, 0.05) is 33.6 Å². The predicted molar refractivity (Wildman–Crippen MR) is 157 cm³/mol. The van der Waals surface area contributed by atoms with Gasteiger partial charge in [-0.25, -0.2) is 0 Å². The Morgan fingerprint density at radius 1 is 0.306 bits per heavy atom. The number of benzene rings is 4. The molecule has 0 radical (unpaired) electrons. The van der Waals surface area contributed by atoms with Crippen LogP contribution in [0.25, 0.3) is 11.4 Å². The lowest BCUT2D eigenvalue weighted by molar-refractivity contribution is 1.20. The van der Waals surface area contributed by atoms with Crippen LogP contribution in [0.1, 0.15) is 0 Å². The van der Waals surface area contributed by atoms with Crippen LogP contribution < -0.4 is 21.2 Å². The van der Waals surface area contributed by atoms with Gasteiger partial charge >= 0.3 is 0 Å². The quantitative estimate of drug-likeness (QED) is 0.215. The van der Waals surface area contributed by atoms with Gasteiger partial charge < -0.3 is 8.68 Å². The summed E-state index contributed by atoms with van der Waals surface area (Å²) < 4.78 is 4.96. The van der Waals surface area contributed by atoms with E-state index in [1.807, 2.05) is 0 Å². The lowest BCUT2D eigenvalue weighted by Crippen LogP contribution is -2.19. The average molecular weight is 501 g/mol. The van der Waals surface area contributed by atoms with E-state index in [1.54, 1.807) is 0 Å². The molecular weight excluding hydrogens is 474 g/mol. The van der Waals surface area contributed by atoms with Crippen molar-refractivity contribution >= 4 is 37.4 Å². The van der Waals surface area contributed by atoms with Crippen LogP contribution in [-0.4, -0.2) is 8.68 Å². The SMILES string of the molecule is c1ccc(P(c2ccccc2)n2cccc2-c2cccn2P(c2ccccc2)c2ccccc2)cc1. The summed E-state index contributed by atoms with van der Waals surface area (Å²) in [7, 11) is -1.53. The highest BCUT2D eigenvalue weighted by Crippen LogP contribution is 2.44. The van der Waals surface area contributed by atoms with Crippen molar-refractivity contribution in [2.24, 2.45) is 0 Å². The number of hydrogen-bond donors (Lipinski definition) is 0. The van der Waals surface area contributed by atoms with Crippen molar-refractivity contribution in [1.82, 2.24) is 8.68 Å². The van der Waals surface area contributed by atoms with E-state index in [2.05, 4.69) is 167 Å². The molecule has 4 aromatic carbocycles. The average Bonchev–Trinajstić information content (AvgIpc) is 3.62. The molecule has 0 bridgehead atoms. The van der Waals surface area contributed by atoms with Gasteiger partial charge in [0.05, 0.1) is 27.5 Å². The molecule has 174 valence electrons. The van der Waals surface area contributed by atoms with Crippen LogP contribution >= 0.6 is 16.1 Å². The predicted octanol–water partition coefficient (Wildman–Crippen LogP) is 6.75. The maximum Gasteiger partial charge on any atom is 0.0689 e. The first-order chi connectivity index (χ1) is 17.9. The van der Waals surface area contributed by atoms with E-state index in [0.717, 1.165) is 0 Å². The Morgan fingerprint density at radius 2 is 0.583 bits per heavy atom. The fourth-order valence-corrected chi connectivity index (χ4v) is 9.17. The molecule has 0 spiro atoms. The standard InChI is InChI=1S/C32H26N2P2/c1-5-15-27(16-6-1)35(28-17-7-2-8-18-28)33-25-13-23-31(33)32-24-14-26-34(32)36(29-19-9-3-10-20-29)30-21-11-4-12-22-30/h1-26H. The number of rotatable bonds is 7. The van der Waals surface area contributed by atoms with Crippen LogP contribution in [-0.2, 0) is 0 Å². The van der Waals surface area contributed by atoms with Gasteiger partial charge in [-0.15, -0.1) is 0 Å². The van der Waals surface area contributed by atoms with Crippen molar-refractivity contribution in [2.45, 2.75) is 0 Å². The second-order valence-electron chi connectivity index (χ2n) is 8.44. The lowest BCUT2D eigenvalue weighted by atomic mass is 10.3. The van der Waals surface area contributed by atoms with Crippen LogP contribution in [0.15, 0.2) is 158 Å². The van der Waals surface area contributed by atoms with Crippen LogP contribution in [0, 0.1) is 0 Å². The van der Waals surface area contributed by atoms with Gasteiger partial charge in [-0.05, 0) is 24.3 Å². The van der Waals surface area contributed by atoms with Crippen LogP contribution in [0.3, 0.4) is 0 Å². The molecule has 0 fully saturated rings. The molecule has 2 nitrogen and oxygen atoms in total. The van der Waals surface area contributed by atoms with E-state index in [9.17, 15) is 0 Å². The molecule has 36 heavy (non-hydrogen) atoms. The van der Waals surface area contributed by atoms with Crippen LogP contribution in [0.4, 0.5) is 0 Å². The minimum Gasteiger partial charge on any atom is -0.316 e. The monoisotopic (exact) mass is 500 g/mol. The minimum absolute atomic E-state index is 0.764. The van der Waals surface area contributed by atoms with Gasteiger partial charge in [-0.2, -0.15) is 0 Å². The van der Waals surface area contributed by atoms with Gasteiger partial charge in [0.15, 0.2) is 0 Å². The first-order valence-corrected chi connectivity index (χ1v) is 14.7. The van der Waals surface area contributed by atoms with Gasteiger partial charge in [-0.3, -0.25) is 0 Å². The van der Waals surface area contributed by atoms with Crippen molar-refractivity contribution < 1.29 is 0 Å². The zero-order chi connectivity index (χ0) is 24.2. The first-order valence-electron chi connectivity index (χ1n) is 12.1. The highest BCUT2D eigenvalue weighted by atomic mass is 31.1. The summed E-state index contributed by atoms with van der Waals surface area (Å²) in [4.78, 5) is 0.